The summed E-state index contributed by atoms with van der Waals surface area (Å²) in [5.74, 6) is -0.00162. The quantitative estimate of drug-likeness (QED) is 0.675. The molecule has 0 aliphatic carbocycles. The summed E-state index contributed by atoms with van der Waals surface area (Å²) >= 11 is 0. The second-order valence-corrected chi connectivity index (χ2v) is 4.84. The number of nitrogens with one attached hydrogen (secondary N) is 1. The van der Waals surface area contributed by atoms with Gasteiger partial charge in [0.05, 0.1) is 0 Å². The van der Waals surface area contributed by atoms with Gasteiger partial charge in [-0.05, 0) is 12.8 Å². The van der Waals surface area contributed by atoms with Gasteiger partial charge in [0.25, 0.3) is 0 Å². The zero-order valence-corrected chi connectivity index (χ0v) is 10.6. The van der Waals surface area contributed by atoms with E-state index in [4.69, 9.17) is 0 Å². The van der Waals surface area contributed by atoms with Crippen LogP contribution >= 0.6 is 0 Å². The van der Waals surface area contributed by atoms with Crippen molar-refractivity contribution in [2.75, 3.05) is 26.2 Å². The Balaban J connectivity index is 1.91. The Hall–Kier alpha value is -1.59. The summed E-state index contributed by atoms with van der Waals surface area (Å²) in [4.78, 5) is 38.1. The summed E-state index contributed by atoms with van der Waals surface area (Å²) in [6, 6.07) is -0.360. The van der Waals surface area contributed by atoms with Crippen molar-refractivity contribution in [2.24, 2.45) is 0 Å². The van der Waals surface area contributed by atoms with Gasteiger partial charge in [0, 0.05) is 39.5 Å². The molecule has 0 bridgehead atoms. The second-order valence-electron chi connectivity index (χ2n) is 4.84. The summed E-state index contributed by atoms with van der Waals surface area (Å²) < 4.78 is 0. The first-order valence-electron chi connectivity index (χ1n) is 6.41. The smallest absolute Gasteiger partial charge is 0.245 e. The third kappa shape index (κ3) is 2.80. The molecule has 1 unspecified atom stereocenters. The highest BCUT2D eigenvalue weighted by Crippen LogP contribution is 2.12. The van der Waals surface area contributed by atoms with Crippen LogP contribution in [0.3, 0.4) is 0 Å². The molecule has 2 rings (SSSR count). The van der Waals surface area contributed by atoms with E-state index in [2.05, 4.69) is 5.32 Å². The van der Waals surface area contributed by atoms with Gasteiger partial charge in [0.15, 0.2) is 0 Å². The lowest BCUT2D eigenvalue weighted by molar-refractivity contribution is -0.135. The van der Waals surface area contributed by atoms with Gasteiger partial charge in [-0.15, -0.1) is 0 Å². The van der Waals surface area contributed by atoms with Crippen molar-refractivity contribution < 1.29 is 14.4 Å². The molecule has 0 saturated carbocycles. The number of nitrogens with zero attached hydrogens (tertiary/aromatic N) is 2. The molecule has 2 aliphatic heterocycles. The fraction of sp³-hybridized carbons (Fsp3) is 0.750. The molecule has 0 radical (unpaired) electrons. The molecule has 1 atom stereocenters. The van der Waals surface area contributed by atoms with E-state index in [0.717, 1.165) is 6.42 Å². The van der Waals surface area contributed by atoms with Crippen LogP contribution in [0.4, 0.5) is 0 Å². The van der Waals surface area contributed by atoms with Crippen molar-refractivity contribution in [1.29, 1.82) is 0 Å². The molecule has 0 aromatic heterocycles. The summed E-state index contributed by atoms with van der Waals surface area (Å²) in [7, 11) is 0. The number of hydrogen-bond acceptors (Lipinski definition) is 3. The van der Waals surface area contributed by atoms with Crippen LogP contribution in [0.1, 0.15) is 26.2 Å². The minimum absolute atomic E-state index is 0.00810. The Morgan fingerprint density at radius 1 is 1.17 bits per heavy atom. The zero-order chi connectivity index (χ0) is 13.1. The van der Waals surface area contributed by atoms with Crippen molar-refractivity contribution in [1.82, 2.24) is 15.1 Å². The van der Waals surface area contributed by atoms with E-state index in [0.29, 0.717) is 39.0 Å². The van der Waals surface area contributed by atoms with E-state index >= 15 is 0 Å². The minimum atomic E-state index is -0.360. The standard InChI is InChI=1S/C12H19N3O3/c1-9(16)14-5-2-6-15(8-7-14)12(18)10-3-4-11(17)13-10/h10H,2-8H2,1H3,(H,13,17). The Kier molecular flexibility index (Phi) is 3.84. The molecule has 6 nitrogen and oxygen atoms in total. The van der Waals surface area contributed by atoms with Crippen LogP contribution in [0.5, 0.6) is 0 Å². The molecule has 0 aromatic rings. The molecule has 2 aliphatic rings. The first-order chi connectivity index (χ1) is 8.58. The van der Waals surface area contributed by atoms with E-state index < -0.39 is 0 Å². The lowest BCUT2D eigenvalue weighted by atomic mass is 10.2. The number of carbonyl (C=O) groups is 3. The predicted molar refractivity (Wildman–Crippen MR) is 64.6 cm³/mol. The molecule has 1 N–H and O–H groups in total. The summed E-state index contributed by atoms with van der Waals surface area (Å²) in [6.45, 7) is 4.06. The van der Waals surface area contributed by atoms with Crippen LogP contribution in [0.2, 0.25) is 0 Å². The highest BCUT2D eigenvalue weighted by molar-refractivity contribution is 5.90. The molecule has 18 heavy (non-hydrogen) atoms. The minimum Gasteiger partial charge on any atom is -0.344 e. The van der Waals surface area contributed by atoms with Gasteiger partial charge in [-0.1, -0.05) is 0 Å². The van der Waals surface area contributed by atoms with Crippen molar-refractivity contribution in [3.05, 3.63) is 0 Å². The molecule has 2 fully saturated rings. The highest BCUT2D eigenvalue weighted by atomic mass is 16.2. The van der Waals surface area contributed by atoms with E-state index in [1.165, 1.54) is 0 Å². The van der Waals surface area contributed by atoms with Gasteiger partial charge in [-0.25, -0.2) is 0 Å². The number of carbonyl (C=O) groups excluding carboxylic acids is 3. The first-order valence-corrected chi connectivity index (χ1v) is 6.41. The molecule has 6 heteroatoms. The molecule has 2 heterocycles. The molecular formula is C12H19N3O3. The van der Waals surface area contributed by atoms with Gasteiger partial charge >= 0.3 is 0 Å². The maximum atomic E-state index is 12.2. The second kappa shape index (κ2) is 5.37. The van der Waals surface area contributed by atoms with Gasteiger partial charge in [-0.2, -0.15) is 0 Å². The summed E-state index contributed by atoms with van der Waals surface area (Å²) in [6.07, 6.45) is 1.82. The average molecular weight is 253 g/mol. The summed E-state index contributed by atoms with van der Waals surface area (Å²) in [5, 5.41) is 2.69. The molecule has 3 amide bonds. The number of rotatable bonds is 1. The topological polar surface area (TPSA) is 69.7 Å². The first kappa shape index (κ1) is 12.9. The van der Waals surface area contributed by atoms with E-state index in [1.807, 2.05) is 0 Å². The van der Waals surface area contributed by atoms with Crippen LogP contribution in [-0.2, 0) is 14.4 Å². The van der Waals surface area contributed by atoms with Crippen LogP contribution in [0.25, 0.3) is 0 Å². The van der Waals surface area contributed by atoms with Crippen LogP contribution in [-0.4, -0.2) is 59.7 Å². The van der Waals surface area contributed by atoms with Crippen molar-refractivity contribution >= 4 is 17.7 Å². The Morgan fingerprint density at radius 2 is 1.83 bits per heavy atom. The Bertz CT molecular complexity index is 370. The third-order valence-corrected chi connectivity index (χ3v) is 3.55. The maximum absolute atomic E-state index is 12.2. The normalized spacial score (nSPS) is 24.7. The third-order valence-electron chi connectivity index (χ3n) is 3.55. The lowest BCUT2D eigenvalue weighted by Crippen LogP contribution is -2.46. The van der Waals surface area contributed by atoms with Crippen LogP contribution in [0.15, 0.2) is 0 Å². The van der Waals surface area contributed by atoms with E-state index in [-0.39, 0.29) is 23.8 Å². The SMILES string of the molecule is CC(=O)N1CCCN(C(=O)C2CCC(=O)N2)CC1. The monoisotopic (exact) mass is 253 g/mol. The highest BCUT2D eigenvalue weighted by Gasteiger charge is 2.31. The van der Waals surface area contributed by atoms with Gasteiger partial charge < -0.3 is 15.1 Å². The Labute approximate surface area is 106 Å². The van der Waals surface area contributed by atoms with Gasteiger partial charge in [-0.3, -0.25) is 14.4 Å². The predicted octanol–water partition coefficient (Wildman–Crippen LogP) is -0.654. The Morgan fingerprint density at radius 3 is 2.44 bits per heavy atom. The molecule has 2 saturated heterocycles. The fourth-order valence-electron chi connectivity index (χ4n) is 2.47. The van der Waals surface area contributed by atoms with E-state index in [1.54, 1.807) is 16.7 Å². The molecule has 0 spiro atoms. The lowest BCUT2D eigenvalue weighted by Gasteiger charge is -2.24. The van der Waals surface area contributed by atoms with Crippen LogP contribution in [0, 0.1) is 0 Å². The van der Waals surface area contributed by atoms with E-state index in [9.17, 15) is 14.4 Å². The van der Waals surface area contributed by atoms with Crippen molar-refractivity contribution in [2.45, 2.75) is 32.2 Å². The van der Waals surface area contributed by atoms with Gasteiger partial charge in [0.2, 0.25) is 17.7 Å². The summed E-state index contributed by atoms with van der Waals surface area (Å²) in [5.41, 5.74) is 0. The van der Waals surface area contributed by atoms with Crippen molar-refractivity contribution in [3.63, 3.8) is 0 Å². The van der Waals surface area contributed by atoms with Gasteiger partial charge in [0.1, 0.15) is 6.04 Å². The molecule has 0 aromatic carbocycles. The fourth-order valence-corrected chi connectivity index (χ4v) is 2.47. The zero-order valence-electron chi connectivity index (χ0n) is 10.6. The van der Waals surface area contributed by atoms with Crippen molar-refractivity contribution in [3.8, 4) is 0 Å². The number of amides is 3. The molecule has 100 valence electrons. The average Bonchev–Trinajstić information content (AvgIpc) is 2.63. The molecular weight excluding hydrogens is 234 g/mol. The maximum Gasteiger partial charge on any atom is 0.245 e. The number of hydrogen-bond donors (Lipinski definition) is 1. The van der Waals surface area contributed by atoms with Crippen LogP contribution < -0.4 is 5.32 Å². The largest absolute Gasteiger partial charge is 0.344 e.